The zero-order valence-electron chi connectivity index (χ0n) is 14.3. The number of nitrogens with one attached hydrogen (secondary N) is 1. The summed E-state index contributed by atoms with van der Waals surface area (Å²) in [6, 6.07) is 7.82. The molecule has 0 radical (unpaired) electrons. The number of aliphatic hydroxyl groups is 1. The Morgan fingerprint density at radius 1 is 1.38 bits per heavy atom. The van der Waals surface area contributed by atoms with Gasteiger partial charge in [-0.25, -0.2) is 0 Å². The molecule has 1 aliphatic heterocycles. The Morgan fingerprint density at radius 2 is 2.21 bits per heavy atom. The Labute approximate surface area is 142 Å². The first-order valence-electron chi connectivity index (χ1n) is 8.25. The van der Waals surface area contributed by atoms with Gasteiger partial charge in [0.25, 0.3) is 0 Å². The van der Waals surface area contributed by atoms with Crippen molar-refractivity contribution in [3.8, 4) is 5.75 Å². The number of hydrogen-bond donors (Lipinski definition) is 2. The van der Waals surface area contributed by atoms with Crippen molar-refractivity contribution in [1.29, 1.82) is 0 Å². The molecule has 2 aromatic rings. The minimum Gasteiger partial charge on any atom is -0.490 e. The zero-order chi connectivity index (χ0) is 17.0. The van der Waals surface area contributed by atoms with E-state index < -0.39 is 5.60 Å². The largest absolute Gasteiger partial charge is 0.490 e. The Morgan fingerprint density at radius 3 is 2.96 bits per heavy atom. The molecule has 6 heteroatoms. The van der Waals surface area contributed by atoms with Crippen molar-refractivity contribution >= 4 is 0 Å². The number of nitrogens with zero attached hydrogens (tertiary/aromatic N) is 2. The molecule has 1 aromatic heterocycles. The molecule has 0 spiro atoms. The van der Waals surface area contributed by atoms with Crippen LogP contribution in [0.2, 0.25) is 0 Å². The monoisotopic (exact) mass is 331 g/mol. The molecule has 1 saturated heterocycles. The van der Waals surface area contributed by atoms with E-state index in [0.717, 1.165) is 35.7 Å². The van der Waals surface area contributed by atoms with E-state index in [2.05, 4.69) is 15.1 Å². The average molecular weight is 331 g/mol. The summed E-state index contributed by atoms with van der Waals surface area (Å²) in [5.74, 6) is 0.799. The lowest BCUT2D eigenvalue weighted by Crippen LogP contribution is -2.48. The molecule has 2 N–H and O–H groups in total. The standard InChI is InChI=1S/C18H25N3O3/c1-14-5-3-4-6-17(14)24-13-18(22)11-21(7-8-23-12-18)10-16-9-19-20-15(16)2/h3-6,9,22H,7-8,10-13H2,1-2H3,(H,19,20). The second-order valence-electron chi connectivity index (χ2n) is 6.56. The highest BCUT2D eigenvalue weighted by Crippen LogP contribution is 2.21. The lowest BCUT2D eigenvalue weighted by molar-refractivity contribution is -0.0647. The van der Waals surface area contributed by atoms with Crippen LogP contribution >= 0.6 is 0 Å². The highest BCUT2D eigenvalue weighted by atomic mass is 16.5. The molecular weight excluding hydrogens is 306 g/mol. The van der Waals surface area contributed by atoms with Crippen LogP contribution in [0.3, 0.4) is 0 Å². The molecule has 0 saturated carbocycles. The van der Waals surface area contributed by atoms with Crippen LogP contribution < -0.4 is 4.74 Å². The fraction of sp³-hybridized carbons (Fsp3) is 0.500. The van der Waals surface area contributed by atoms with Crippen LogP contribution in [-0.4, -0.2) is 58.7 Å². The first-order chi connectivity index (χ1) is 11.6. The smallest absolute Gasteiger partial charge is 0.134 e. The number of para-hydroxylation sites is 1. The number of hydrogen-bond acceptors (Lipinski definition) is 5. The van der Waals surface area contributed by atoms with Gasteiger partial charge in [0.1, 0.15) is 18.0 Å². The molecule has 1 aromatic carbocycles. The zero-order valence-corrected chi connectivity index (χ0v) is 14.3. The summed E-state index contributed by atoms with van der Waals surface area (Å²) >= 11 is 0. The van der Waals surface area contributed by atoms with Crippen molar-refractivity contribution in [3.63, 3.8) is 0 Å². The molecule has 1 atom stereocenters. The minimum atomic E-state index is -1.03. The number of aromatic nitrogens is 2. The molecule has 0 amide bonds. The number of benzene rings is 1. The summed E-state index contributed by atoms with van der Waals surface area (Å²) in [5.41, 5.74) is 2.22. The molecule has 130 valence electrons. The summed E-state index contributed by atoms with van der Waals surface area (Å²) in [5, 5.41) is 18.0. The Kier molecular flexibility index (Phi) is 5.18. The van der Waals surface area contributed by atoms with E-state index in [4.69, 9.17) is 9.47 Å². The summed E-state index contributed by atoms with van der Waals surface area (Å²) in [6.07, 6.45) is 1.84. The second kappa shape index (κ2) is 7.34. The van der Waals surface area contributed by atoms with Gasteiger partial charge in [0, 0.05) is 30.9 Å². The van der Waals surface area contributed by atoms with Crippen LogP contribution in [0.15, 0.2) is 30.5 Å². The van der Waals surface area contributed by atoms with Gasteiger partial charge < -0.3 is 14.6 Å². The molecular formula is C18H25N3O3. The second-order valence-corrected chi connectivity index (χ2v) is 6.56. The van der Waals surface area contributed by atoms with Crippen molar-refractivity contribution < 1.29 is 14.6 Å². The number of rotatable bonds is 5. The molecule has 2 heterocycles. The maximum Gasteiger partial charge on any atom is 0.134 e. The normalized spacial score (nSPS) is 22.3. The number of ether oxygens (including phenoxy) is 2. The lowest BCUT2D eigenvalue weighted by atomic mass is 10.1. The van der Waals surface area contributed by atoms with Crippen LogP contribution in [0, 0.1) is 13.8 Å². The Bertz CT molecular complexity index is 673. The van der Waals surface area contributed by atoms with E-state index in [1.54, 1.807) is 0 Å². The molecule has 1 unspecified atom stereocenters. The van der Waals surface area contributed by atoms with Crippen molar-refractivity contribution in [2.45, 2.75) is 26.0 Å². The van der Waals surface area contributed by atoms with Gasteiger partial charge in [-0.1, -0.05) is 18.2 Å². The van der Waals surface area contributed by atoms with E-state index in [1.165, 1.54) is 0 Å². The van der Waals surface area contributed by atoms with Crippen LogP contribution in [-0.2, 0) is 11.3 Å². The molecule has 0 aliphatic carbocycles. The fourth-order valence-electron chi connectivity index (χ4n) is 2.93. The van der Waals surface area contributed by atoms with Gasteiger partial charge in [-0.05, 0) is 25.5 Å². The maximum absolute atomic E-state index is 11.0. The first-order valence-corrected chi connectivity index (χ1v) is 8.25. The SMILES string of the molecule is Cc1ccccc1OCC1(O)COCCN(Cc2cn[nH]c2C)C1. The van der Waals surface area contributed by atoms with Gasteiger partial charge in [0.2, 0.25) is 0 Å². The molecule has 1 aliphatic rings. The number of aryl methyl sites for hydroxylation is 2. The average Bonchev–Trinajstić information content (AvgIpc) is 2.85. The number of aromatic amines is 1. The molecule has 3 rings (SSSR count). The summed E-state index contributed by atoms with van der Waals surface area (Å²) in [6.45, 7) is 7.10. The van der Waals surface area contributed by atoms with E-state index in [0.29, 0.717) is 13.2 Å². The molecule has 24 heavy (non-hydrogen) atoms. The van der Waals surface area contributed by atoms with E-state index in [9.17, 15) is 5.11 Å². The van der Waals surface area contributed by atoms with Gasteiger partial charge in [0.05, 0.1) is 19.4 Å². The lowest BCUT2D eigenvalue weighted by Gasteiger charge is -2.30. The molecule has 1 fully saturated rings. The number of H-pyrrole nitrogens is 1. The van der Waals surface area contributed by atoms with Gasteiger partial charge in [0.15, 0.2) is 0 Å². The summed E-state index contributed by atoms with van der Waals surface area (Å²) < 4.78 is 11.5. The summed E-state index contributed by atoms with van der Waals surface area (Å²) in [7, 11) is 0. The van der Waals surface area contributed by atoms with Crippen LogP contribution in [0.25, 0.3) is 0 Å². The third kappa shape index (κ3) is 4.14. The summed E-state index contributed by atoms with van der Waals surface area (Å²) in [4.78, 5) is 2.19. The van der Waals surface area contributed by atoms with Crippen LogP contribution in [0.1, 0.15) is 16.8 Å². The topological polar surface area (TPSA) is 70.6 Å². The van der Waals surface area contributed by atoms with Gasteiger partial charge in [-0.3, -0.25) is 10.00 Å². The van der Waals surface area contributed by atoms with Crippen molar-refractivity contribution in [3.05, 3.63) is 47.3 Å². The van der Waals surface area contributed by atoms with E-state index in [-0.39, 0.29) is 13.2 Å². The van der Waals surface area contributed by atoms with E-state index >= 15 is 0 Å². The van der Waals surface area contributed by atoms with Crippen molar-refractivity contribution in [1.82, 2.24) is 15.1 Å². The van der Waals surface area contributed by atoms with E-state index in [1.807, 2.05) is 44.3 Å². The highest BCUT2D eigenvalue weighted by Gasteiger charge is 2.34. The van der Waals surface area contributed by atoms with Crippen molar-refractivity contribution in [2.75, 3.05) is 32.9 Å². The Balaban J connectivity index is 1.64. The van der Waals surface area contributed by atoms with Gasteiger partial charge >= 0.3 is 0 Å². The van der Waals surface area contributed by atoms with Crippen molar-refractivity contribution in [2.24, 2.45) is 0 Å². The fourth-order valence-corrected chi connectivity index (χ4v) is 2.93. The quantitative estimate of drug-likeness (QED) is 0.872. The Hall–Kier alpha value is -1.89. The van der Waals surface area contributed by atoms with Crippen LogP contribution in [0.5, 0.6) is 5.75 Å². The van der Waals surface area contributed by atoms with Gasteiger partial charge in [-0.15, -0.1) is 0 Å². The maximum atomic E-state index is 11.0. The van der Waals surface area contributed by atoms with Crippen LogP contribution in [0.4, 0.5) is 0 Å². The highest BCUT2D eigenvalue weighted by molar-refractivity contribution is 5.31. The first kappa shape index (κ1) is 17.0. The number of β-amino-alcohol motifs (C(OH)–C–C–N with tert-alkyl or cyclic N) is 1. The molecule has 0 bridgehead atoms. The third-order valence-electron chi connectivity index (χ3n) is 4.36. The minimum absolute atomic E-state index is 0.207. The predicted molar refractivity (Wildman–Crippen MR) is 91.0 cm³/mol. The van der Waals surface area contributed by atoms with Gasteiger partial charge in [-0.2, -0.15) is 5.10 Å². The third-order valence-corrected chi connectivity index (χ3v) is 4.36. The molecule has 6 nitrogen and oxygen atoms in total. The predicted octanol–water partition coefficient (Wildman–Crippen LogP) is 1.67.